The molecular formula is C26H30FN3O4S. The Bertz CT molecular complexity index is 1240. The van der Waals surface area contributed by atoms with Crippen molar-refractivity contribution >= 4 is 21.8 Å². The number of benzene rings is 3. The number of nitrogens with zero attached hydrogens (tertiary/aromatic N) is 2. The van der Waals surface area contributed by atoms with Gasteiger partial charge in [-0.2, -0.15) is 12.7 Å². The molecule has 0 heterocycles. The van der Waals surface area contributed by atoms with E-state index in [1.807, 2.05) is 38.1 Å². The molecule has 1 amide bonds. The van der Waals surface area contributed by atoms with E-state index in [2.05, 4.69) is 5.32 Å². The maximum absolute atomic E-state index is 14.4. The third-order valence-electron chi connectivity index (χ3n) is 5.15. The summed E-state index contributed by atoms with van der Waals surface area (Å²) in [7, 11) is -1.17. The van der Waals surface area contributed by atoms with Crippen molar-refractivity contribution in [3.8, 4) is 5.75 Å². The lowest BCUT2D eigenvalue weighted by atomic mass is 10.1. The highest BCUT2D eigenvalue weighted by molar-refractivity contribution is 7.90. The van der Waals surface area contributed by atoms with Crippen molar-refractivity contribution in [2.24, 2.45) is 0 Å². The molecule has 9 heteroatoms. The third-order valence-corrected chi connectivity index (χ3v) is 6.96. The molecule has 7 nitrogen and oxygen atoms in total. The maximum atomic E-state index is 14.4. The van der Waals surface area contributed by atoms with Gasteiger partial charge in [-0.25, -0.2) is 4.39 Å². The van der Waals surface area contributed by atoms with E-state index in [0.29, 0.717) is 17.7 Å². The van der Waals surface area contributed by atoms with Crippen LogP contribution in [0.4, 0.5) is 10.1 Å². The lowest BCUT2D eigenvalue weighted by Crippen LogP contribution is -2.40. The molecule has 0 atom stereocenters. The van der Waals surface area contributed by atoms with Gasteiger partial charge < -0.3 is 10.1 Å². The molecular weight excluding hydrogens is 469 g/mol. The van der Waals surface area contributed by atoms with Crippen molar-refractivity contribution in [3.05, 3.63) is 95.3 Å². The largest absolute Gasteiger partial charge is 0.491 e. The summed E-state index contributed by atoms with van der Waals surface area (Å²) >= 11 is 0. The number of anilines is 1. The SMILES string of the molecule is CC(C)Oc1ccc(CNC(=O)c2ccc(CN(c3ccccc3F)S(=O)(=O)N(C)C)cc2)cc1. The van der Waals surface area contributed by atoms with E-state index in [1.54, 1.807) is 30.3 Å². The standard InChI is InChI=1S/C26H30FN3O4S/c1-19(2)34-23-15-11-20(12-16-23)17-28-26(31)22-13-9-21(10-14-22)18-30(35(32,33)29(3)4)25-8-6-5-7-24(25)27/h5-16,19H,17-18H2,1-4H3,(H,28,31). The number of para-hydroxylation sites is 1. The molecule has 0 saturated heterocycles. The molecule has 0 spiro atoms. The van der Waals surface area contributed by atoms with Crippen LogP contribution in [0.2, 0.25) is 0 Å². The Hall–Kier alpha value is -3.43. The zero-order valence-electron chi connectivity index (χ0n) is 20.2. The number of hydrogen-bond acceptors (Lipinski definition) is 4. The molecule has 35 heavy (non-hydrogen) atoms. The average Bonchev–Trinajstić information content (AvgIpc) is 2.82. The van der Waals surface area contributed by atoms with Gasteiger partial charge in [0.1, 0.15) is 11.6 Å². The first-order valence-electron chi connectivity index (χ1n) is 11.2. The Morgan fingerprint density at radius 2 is 1.54 bits per heavy atom. The van der Waals surface area contributed by atoms with E-state index in [4.69, 9.17) is 4.74 Å². The van der Waals surface area contributed by atoms with Gasteiger partial charge in [0.05, 0.1) is 18.3 Å². The van der Waals surface area contributed by atoms with Crippen LogP contribution >= 0.6 is 0 Å². The summed E-state index contributed by atoms with van der Waals surface area (Å²) in [6.07, 6.45) is 0.0882. The number of carbonyl (C=O) groups excluding carboxylic acids is 1. The third kappa shape index (κ3) is 6.80. The highest BCUT2D eigenvalue weighted by Crippen LogP contribution is 2.25. The van der Waals surface area contributed by atoms with Crippen molar-refractivity contribution in [3.63, 3.8) is 0 Å². The first kappa shape index (κ1) is 26.2. The molecule has 3 aromatic carbocycles. The predicted octanol–water partition coefficient (Wildman–Crippen LogP) is 4.36. The molecule has 0 aliphatic rings. The summed E-state index contributed by atoms with van der Waals surface area (Å²) in [6.45, 7) is 4.18. The van der Waals surface area contributed by atoms with E-state index < -0.39 is 16.0 Å². The fourth-order valence-electron chi connectivity index (χ4n) is 3.31. The van der Waals surface area contributed by atoms with Crippen LogP contribution in [-0.4, -0.2) is 38.8 Å². The molecule has 0 aliphatic carbocycles. The van der Waals surface area contributed by atoms with E-state index in [9.17, 15) is 17.6 Å². The minimum atomic E-state index is -3.95. The lowest BCUT2D eigenvalue weighted by molar-refractivity contribution is 0.0951. The first-order chi connectivity index (χ1) is 16.6. The molecule has 186 valence electrons. The highest BCUT2D eigenvalue weighted by atomic mass is 32.2. The second-order valence-corrected chi connectivity index (χ2v) is 10.5. The summed E-state index contributed by atoms with van der Waals surface area (Å²) in [6, 6.07) is 19.8. The first-order valence-corrected chi connectivity index (χ1v) is 12.5. The predicted molar refractivity (Wildman–Crippen MR) is 135 cm³/mol. The van der Waals surface area contributed by atoms with Gasteiger partial charge in [-0.1, -0.05) is 36.4 Å². The summed E-state index contributed by atoms with van der Waals surface area (Å²) < 4.78 is 47.8. The van der Waals surface area contributed by atoms with Gasteiger partial charge in [0.2, 0.25) is 0 Å². The number of halogens is 1. The van der Waals surface area contributed by atoms with Crippen LogP contribution in [0, 0.1) is 5.82 Å². The van der Waals surface area contributed by atoms with Crippen LogP contribution in [0.25, 0.3) is 0 Å². The summed E-state index contributed by atoms with van der Waals surface area (Å²) in [5.74, 6) is -0.130. The number of amides is 1. The van der Waals surface area contributed by atoms with E-state index in [1.165, 1.54) is 32.3 Å². The van der Waals surface area contributed by atoms with Gasteiger partial charge in [-0.15, -0.1) is 0 Å². The Morgan fingerprint density at radius 3 is 2.11 bits per heavy atom. The van der Waals surface area contributed by atoms with Crippen molar-refractivity contribution < 1.29 is 22.3 Å². The van der Waals surface area contributed by atoms with Crippen LogP contribution in [-0.2, 0) is 23.3 Å². The van der Waals surface area contributed by atoms with E-state index >= 15 is 0 Å². The molecule has 0 unspecified atom stereocenters. The quantitative estimate of drug-likeness (QED) is 0.450. The minimum Gasteiger partial charge on any atom is -0.491 e. The lowest BCUT2D eigenvalue weighted by Gasteiger charge is -2.27. The fraction of sp³-hybridized carbons (Fsp3) is 0.269. The number of carbonyl (C=O) groups is 1. The molecule has 3 rings (SSSR count). The second kappa shape index (κ2) is 11.3. The molecule has 0 radical (unpaired) electrons. The number of hydrogen-bond donors (Lipinski definition) is 1. The molecule has 0 saturated carbocycles. The normalized spacial score (nSPS) is 11.5. The minimum absolute atomic E-state index is 0.0483. The summed E-state index contributed by atoms with van der Waals surface area (Å²) in [5.41, 5.74) is 1.92. The number of nitrogens with one attached hydrogen (secondary N) is 1. The van der Waals surface area contributed by atoms with Crippen LogP contribution in [0.1, 0.15) is 35.3 Å². The van der Waals surface area contributed by atoms with Crippen molar-refractivity contribution in [1.29, 1.82) is 0 Å². The van der Waals surface area contributed by atoms with Crippen molar-refractivity contribution in [1.82, 2.24) is 9.62 Å². The zero-order valence-corrected chi connectivity index (χ0v) is 21.0. The smallest absolute Gasteiger partial charge is 0.303 e. The molecule has 0 fully saturated rings. The number of ether oxygens (including phenoxy) is 1. The second-order valence-electron chi connectivity index (χ2n) is 8.44. The van der Waals surface area contributed by atoms with Gasteiger partial charge in [-0.3, -0.25) is 9.10 Å². The molecule has 1 N–H and O–H groups in total. The highest BCUT2D eigenvalue weighted by Gasteiger charge is 2.27. The fourth-order valence-corrected chi connectivity index (χ4v) is 4.42. The van der Waals surface area contributed by atoms with Gasteiger partial charge in [0.15, 0.2) is 0 Å². The van der Waals surface area contributed by atoms with E-state index in [0.717, 1.165) is 19.9 Å². The van der Waals surface area contributed by atoms with Crippen LogP contribution in [0.5, 0.6) is 5.75 Å². The summed E-state index contributed by atoms with van der Waals surface area (Å²) in [5, 5.41) is 2.87. The van der Waals surface area contributed by atoms with Crippen molar-refractivity contribution in [2.45, 2.75) is 33.0 Å². The monoisotopic (exact) mass is 499 g/mol. The van der Waals surface area contributed by atoms with Gasteiger partial charge in [-0.05, 0) is 61.4 Å². The molecule has 0 bridgehead atoms. The Balaban J connectivity index is 1.69. The zero-order chi connectivity index (χ0) is 25.6. The van der Waals surface area contributed by atoms with E-state index in [-0.39, 0.29) is 24.2 Å². The molecule has 0 aromatic heterocycles. The number of rotatable bonds is 10. The van der Waals surface area contributed by atoms with Gasteiger partial charge in [0, 0.05) is 26.2 Å². The Labute approximate surface area is 206 Å². The van der Waals surface area contributed by atoms with Gasteiger partial charge >= 0.3 is 10.2 Å². The average molecular weight is 500 g/mol. The van der Waals surface area contributed by atoms with Crippen molar-refractivity contribution in [2.75, 3.05) is 18.4 Å². The van der Waals surface area contributed by atoms with Gasteiger partial charge in [0.25, 0.3) is 5.91 Å². The van der Waals surface area contributed by atoms with Crippen LogP contribution in [0.3, 0.4) is 0 Å². The molecule has 0 aliphatic heterocycles. The Morgan fingerprint density at radius 1 is 0.943 bits per heavy atom. The van der Waals surface area contributed by atoms with Crippen LogP contribution in [0.15, 0.2) is 72.8 Å². The molecule has 3 aromatic rings. The topological polar surface area (TPSA) is 79.0 Å². The summed E-state index contributed by atoms with van der Waals surface area (Å²) in [4.78, 5) is 12.6. The Kier molecular flexibility index (Phi) is 8.48. The van der Waals surface area contributed by atoms with Crippen LogP contribution < -0.4 is 14.4 Å². The maximum Gasteiger partial charge on any atom is 0.303 e.